The summed E-state index contributed by atoms with van der Waals surface area (Å²) >= 11 is 3.32. The second kappa shape index (κ2) is 6.98. The first kappa shape index (κ1) is 15.9. The molecule has 0 radical (unpaired) electrons. The molecule has 1 aromatic rings. The summed E-state index contributed by atoms with van der Waals surface area (Å²) in [5.41, 5.74) is 0.511. The molecule has 0 aromatic heterocycles. The summed E-state index contributed by atoms with van der Waals surface area (Å²) in [5.74, 6) is -0.288. The number of hydrogen-bond acceptors (Lipinski definition) is 3. The van der Waals surface area contributed by atoms with Crippen molar-refractivity contribution in [1.29, 1.82) is 0 Å². The van der Waals surface area contributed by atoms with Gasteiger partial charge in [0, 0.05) is 30.0 Å². The van der Waals surface area contributed by atoms with Gasteiger partial charge in [-0.3, -0.25) is 4.90 Å². The van der Waals surface area contributed by atoms with Crippen LogP contribution in [0.2, 0.25) is 0 Å². The summed E-state index contributed by atoms with van der Waals surface area (Å²) < 4.78 is 20.2. The molecule has 112 valence electrons. The summed E-state index contributed by atoms with van der Waals surface area (Å²) in [6.07, 6.45) is -0.688. The number of halogens is 2. The maximum absolute atomic E-state index is 13.7. The Morgan fingerprint density at radius 1 is 1.50 bits per heavy atom. The predicted octanol–water partition coefficient (Wildman–Crippen LogP) is 2.60. The summed E-state index contributed by atoms with van der Waals surface area (Å²) in [7, 11) is 0. The standard InChI is InChI=1S/C15H21BrFNO2/c1-10(2)18-5-6-20-15(9-18)14(19)8-11-7-12(16)3-4-13(11)17/h3-4,7,10,14-15,19H,5-6,8-9H2,1-2H3. The number of hydrogen-bond donors (Lipinski definition) is 1. The Labute approximate surface area is 127 Å². The van der Waals surface area contributed by atoms with E-state index in [1.54, 1.807) is 12.1 Å². The van der Waals surface area contributed by atoms with E-state index in [4.69, 9.17) is 4.74 Å². The molecule has 0 aliphatic carbocycles. The Hall–Kier alpha value is -0.490. The Balaban J connectivity index is 2.00. The van der Waals surface area contributed by atoms with E-state index in [-0.39, 0.29) is 18.3 Å². The summed E-state index contributed by atoms with van der Waals surface area (Å²) in [5, 5.41) is 10.3. The first-order valence-electron chi connectivity index (χ1n) is 6.95. The molecule has 1 fully saturated rings. The van der Waals surface area contributed by atoms with Gasteiger partial charge in [-0.25, -0.2) is 4.39 Å². The van der Waals surface area contributed by atoms with E-state index in [1.807, 2.05) is 0 Å². The van der Waals surface area contributed by atoms with Crippen LogP contribution in [0.4, 0.5) is 4.39 Å². The number of ether oxygens (including phenoxy) is 1. The molecule has 20 heavy (non-hydrogen) atoms. The van der Waals surface area contributed by atoms with Crippen LogP contribution in [-0.4, -0.2) is 48.0 Å². The lowest BCUT2D eigenvalue weighted by atomic mass is 10.0. The molecule has 2 rings (SSSR count). The smallest absolute Gasteiger partial charge is 0.126 e. The van der Waals surface area contributed by atoms with Crippen molar-refractivity contribution in [2.45, 2.75) is 38.5 Å². The van der Waals surface area contributed by atoms with Gasteiger partial charge in [0.1, 0.15) is 5.82 Å². The molecule has 2 unspecified atom stereocenters. The van der Waals surface area contributed by atoms with Gasteiger partial charge in [0.15, 0.2) is 0 Å². The number of nitrogens with zero attached hydrogens (tertiary/aromatic N) is 1. The molecule has 1 aliphatic heterocycles. The van der Waals surface area contributed by atoms with Gasteiger partial charge in [-0.15, -0.1) is 0 Å². The molecule has 1 saturated heterocycles. The lowest BCUT2D eigenvalue weighted by Crippen LogP contribution is -2.50. The Morgan fingerprint density at radius 3 is 2.95 bits per heavy atom. The summed E-state index contributed by atoms with van der Waals surface area (Å²) in [4.78, 5) is 2.27. The molecular formula is C15H21BrFNO2. The third-order valence-corrected chi connectivity index (χ3v) is 4.21. The van der Waals surface area contributed by atoms with Crippen molar-refractivity contribution in [3.63, 3.8) is 0 Å². The lowest BCUT2D eigenvalue weighted by molar-refractivity contribution is -0.0942. The maximum Gasteiger partial charge on any atom is 0.126 e. The van der Waals surface area contributed by atoms with Gasteiger partial charge >= 0.3 is 0 Å². The fraction of sp³-hybridized carbons (Fsp3) is 0.600. The number of aliphatic hydroxyl groups excluding tert-OH is 1. The number of benzene rings is 1. The summed E-state index contributed by atoms with van der Waals surface area (Å²) in [6, 6.07) is 5.20. The molecule has 3 nitrogen and oxygen atoms in total. The SMILES string of the molecule is CC(C)N1CCOC(C(O)Cc2cc(Br)ccc2F)C1. The molecule has 0 spiro atoms. The van der Waals surface area contributed by atoms with Crippen LogP contribution in [-0.2, 0) is 11.2 Å². The van der Waals surface area contributed by atoms with Gasteiger partial charge in [0.25, 0.3) is 0 Å². The highest BCUT2D eigenvalue weighted by Crippen LogP contribution is 2.20. The zero-order chi connectivity index (χ0) is 14.7. The first-order valence-corrected chi connectivity index (χ1v) is 7.74. The Bertz CT molecular complexity index is 455. The fourth-order valence-corrected chi connectivity index (χ4v) is 2.86. The molecule has 0 amide bonds. The van der Waals surface area contributed by atoms with E-state index < -0.39 is 6.10 Å². The zero-order valence-electron chi connectivity index (χ0n) is 11.9. The van der Waals surface area contributed by atoms with Crippen LogP contribution in [0.5, 0.6) is 0 Å². The third kappa shape index (κ3) is 4.01. The minimum Gasteiger partial charge on any atom is -0.390 e. The van der Waals surface area contributed by atoms with Gasteiger partial charge in [0.05, 0.1) is 18.8 Å². The van der Waals surface area contributed by atoms with Crippen LogP contribution in [0.15, 0.2) is 22.7 Å². The highest BCUT2D eigenvalue weighted by Gasteiger charge is 2.28. The molecule has 0 saturated carbocycles. The highest BCUT2D eigenvalue weighted by molar-refractivity contribution is 9.10. The van der Waals surface area contributed by atoms with E-state index >= 15 is 0 Å². The van der Waals surface area contributed by atoms with Crippen LogP contribution < -0.4 is 0 Å². The zero-order valence-corrected chi connectivity index (χ0v) is 13.4. The molecule has 0 bridgehead atoms. The lowest BCUT2D eigenvalue weighted by Gasteiger charge is -2.37. The average molecular weight is 346 g/mol. The van der Waals surface area contributed by atoms with Crippen LogP contribution in [0, 0.1) is 5.82 Å². The molecule has 1 aliphatic rings. The van der Waals surface area contributed by atoms with Crippen LogP contribution >= 0.6 is 15.9 Å². The minimum absolute atomic E-state index is 0.260. The van der Waals surface area contributed by atoms with E-state index in [9.17, 15) is 9.50 Å². The van der Waals surface area contributed by atoms with Gasteiger partial charge in [-0.05, 0) is 37.6 Å². The van der Waals surface area contributed by atoms with Crippen molar-refractivity contribution < 1.29 is 14.2 Å². The van der Waals surface area contributed by atoms with Gasteiger partial charge < -0.3 is 9.84 Å². The highest BCUT2D eigenvalue weighted by atomic mass is 79.9. The molecular weight excluding hydrogens is 325 g/mol. The minimum atomic E-state index is -0.694. The van der Waals surface area contributed by atoms with E-state index in [0.29, 0.717) is 24.8 Å². The van der Waals surface area contributed by atoms with Gasteiger partial charge in [-0.2, -0.15) is 0 Å². The first-order chi connectivity index (χ1) is 9.47. The van der Waals surface area contributed by atoms with Gasteiger partial charge in [-0.1, -0.05) is 15.9 Å². The quantitative estimate of drug-likeness (QED) is 0.910. The number of rotatable bonds is 4. The van der Waals surface area contributed by atoms with Crippen LogP contribution in [0.3, 0.4) is 0 Å². The predicted molar refractivity (Wildman–Crippen MR) is 80.3 cm³/mol. The van der Waals surface area contributed by atoms with Crippen molar-refractivity contribution in [3.8, 4) is 0 Å². The van der Waals surface area contributed by atoms with Crippen LogP contribution in [0.1, 0.15) is 19.4 Å². The molecule has 1 aromatic carbocycles. The molecule has 2 atom stereocenters. The average Bonchev–Trinajstić information content (AvgIpc) is 2.43. The normalized spacial score (nSPS) is 22.2. The fourth-order valence-electron chi connectivity index (χ4n) is 2.45. The third-order valence-electron chi connectivity index (χ3n) is 3.72. The van der Waals surface area contributed by atoms with Crippen molar-refractivity contribution in [3.05, 3.63) is 34.1 Å². The molecule has 1 N–H and O–H groups in total. The maximum atomic E-state index is 13.7. The van der Waals surface area contributed by atoms with Crippen LogP contribution in [0.25, 0.3) is 0 Å². The number of aliphatic hydroxyl groups is 1. The van der Waals surface area contributed by atoms with E-state index in [2.05, 4.69) is 34.7 Å². The molecule has 5 heteroatoms. The topological polar surface area (TPSA) is 32.7 Å². The Morgan fingerprint density at radius 2 is 2.25 bits per heavy atom. The number of morpholine rings is 1. The van der Waals surface area contributed by atoms with Crippen molar-refractivity contribution in [2.24, 2.45) is 0 Å². The monoisotopic (exact) mass is 345 g/mol. The van der Waals surface area contributed by atoms with Crippen molar-refractivity contribution in [2.75, 3.05) is 19.7 Å². The van der Waals surface area contributed by atoms with Gasteiger partial charge in [0.2, 0.25) is 0 Å². The largest absolute Gasteiger partial charge is 0.390 e. The van der Waals surface area contributed by atoms with Crippen molar-refractivity contribution >= 4 is 15.9 Å². The second-order valence-electron chi connectivity index (χ2n) is 5.51. The summed E-state index contributed by atoms with van der Waals surface area (Å²) in [6.45, 7) is 6.44. The Kier molecular flexibility index (Phi) is 5.55. The van der Waals surface area contributed by atoms with E-state index in [0.717, 1.165) is 11.0 Å². The van der Waals surface area contributed by atoms with E-state index in [1.165, 1.54) is 6.07 Å². The van der Waals surface area contributed by atoms with Crippen molar-refractivity contribution in [1.82, 2.24) is 4.90 Å². The second-order valence-corrected chi connectivity index (χ2v) is 6.42. The molecule has 1 heterocycles.